The predicted molar refractivity (Wildman–Crippen MR) is 107 cm³/mol. The van der Waals surface area contributed by atoms with Crippen LogP contribution >= 0.6 is 0 Å². The molecular weight excluding hydrogens is 417 g/mol. The quantitative estimate of drug-likeness (QED) is 0.631. The summed E-state index contributed by atoms with van der Waals surface area (Å²) in [6.07, 6.45) is -5.79. The minimum absolute atomic E-state index is 0.00626. The molecule has 11 heteroatoms. The van der Waals surface area contributed by atoms with Crippen LogP contribution in [0.1, 0.15) is 18.2 Å². The van der Waals surface area contributed by atoms with Gasteiger partial charge in [-0.25, -0.2) is 0 Å². The van der Waals surface area contributed by atoms with Crippen LogP contribution in [-0.2, 0) is 18.0 Å². The number of anilines is 1. The van der Waals surface area contributed by atoms with Crippen molar-refractivity contribution in [3.8, 4) is 17.4 Å². The third kappa shape index (κ3) is 4.49. The van der Waals surface area contributed by atoms with Gasteiger partial charge in [-0.1, -0.05) is 0 Å². The van der Waals surface area contributed by atoms with Crippen LogP contribution in [0, 0.1) is 6.92 Å². The molecule has 166 valence electrons. The van der Waals surface area contributed by atoms with Crippen LogP contribution in [0.4, 0.5) is 18.9 Å². The van der Waals surface area contributed by atoms with E-state index >= 15 is 0 Å². The Morgan fingerprint density at radius 3 is 2.52 bits per heavy atom. The first-order valence-electron chi connectivity index (χ1n) is 9.16. The standard InChI is InChI=1S/C20H21F3N4O4/c1-10-17-13(20(21,22)23)9-16(25-18(17)27(3)26-10)31-11(2)19(28)24-14-7-6-12(29-4)8-15(14)30-5/h6-9,11H,1-5H3,(H,24,28). The molecule has 1 amide bonds. The number of alkyl halides is 3. The Morgan fingerprint density at radius 1 is 1.19 bits per heavy atom. The predicted octanol–water partition coefficient (Wildman–Crippen LogP) is 3.72. The summed E-state index contributed by atoms with van der Waals surface area (Å²) in [5.41, 5.74) is -0.374. The van der Waals surface area contributed by atoms with Crippen LogP contribution in [0.25, 0.3) is 11.0 Å². The molecule has 1 N–H and O–H groups in total. The van der Waals surface area contributed by atoms with E-state index < -0.39 is 23.8 Å². The number of benzene rings is 1. The van der Waals surface area contributed by atoms with Gasteiger partial charge in [-0.3, -0.25) is 9.48 Å². The highest BCUT2D eigenvalue weighted by atomic mass is 19.4. The van der Waals surface area contributed by atoms with E-state index in [2.05, 4.69) is 15.4 Å². The summed E-state index contributed by atoms with van der Waals surface area (Å²) in [6.45, 7) is 2.87. The highest BCUT2D eigenvalue weighted by Crippen LogP contribution is 2.37. The van der Waals surface area contributed by atoms with Gasteiger partial charge in [0, 0.05) is 19.2 Å². The molecule has 2 heterocycles. The molecule has 0 saturated carbocycles. The Morgan fingerprint density at radius 2 is 1.90 bits per heavy atom. The second-order valence-corrected chi connectivity index (χ2v) is 6.73. The molecule has 0 aliphatic heterocycles. The first-order chi connectivity index (χ1) is 14.5. The Balaban J connectivity index is 1.87. The SMILES string of the molecule is COc1ccc(NC(=O)C(C)Oc2cc(C(F)(F)F)c3c(C)nn(C)c3n2)c(OC)c1. The Kier molecular flexibility index (Phi) is 5.96. The zero-order valence-corrected chi connectivity index (χ0v) is 17.5. The number of pyridine rings is 1. The number of carbonyl (C=O) groups excluding carboxylic acids is 1. The van der Waals surface area contributed by atoms with Crippen LogP contribution < -0.4 is 19.5 Å². The number of amides is 1. The zero-order valence-electron chi connectivity index (χ0n) is 17.5. The van der Waals surface area contributed by atoms with Gasteiger partial charge in [0.1, 0.15) is 11.5 Å². The molecule has 0 aliphatic carbocycles. The summed E-state index contributed by atoms with van der Waals surface area (Å²) >= 11 is 0. The van der Waals surface area contributed by atoms with E-state index in [1.54, 1.807) is 18.2 Å². The van der Waals surface area contributed by atoms with Gasteiger partial charge in [0.15, 0.2) is 11.8 Å². The lowest BCUT2D eigenvalue weighted by Gasteiger charge is -2.17. The average molecular weight is 438 g/mol. The molecule has 1 aromatic carbocycles. The number of rotatable bonds is 6. The lowest BCUT2D eigenvalue weighted by Crippen LogP contribution is -2.30. The third-order valence-corrected chi connectivity index (χ3v) is 4.58. The summed E-state index contributed by atoms with van der Waals surface area (Å²) in [4.78, 5) is 16.7. The van der Waals surface area contributed by atoms with E-state index in [1.165, 1.54) is 39.8 Å². The second kappa shape index (κ2) is 8.32. The zero-order chi connectivity index (χ0) is 22.9. The van der Waals surface area contributed by atoms with Crippen LogP contribution in [0.5, 0.6) is 17.4 Å². The first kappa shape index (κ1) is 22.2. The third-order valence-electron chi connectivity index (χ3n) is 4.58. The molecular formula is C20H21F3N4O4. The summed E-state index contributed by atoms with van der Waals surface area (Å²) < 4.78 is 57.8. The number of hydrogen-bond donors (Lipinski definition) is 1. The van der Waals surface area contributed by atoms with Gasteiger partial charge in [-0.2, -0.15) is 23.3 Å². The normalized spacial score (nSPS) is 12.5. The smallest absolute Gasteiger partial charge is 0.417 e. The van der Waals surface area contributed by atoms with Gasteiger partial charge in [-0.05, 0) is 26.0 Å². The Hall–Kier alpha value is -3.50. The van der Waals surface area contributed by atoms with Gasteiger partial charge < -0.3 is 19.5 Å². The molecule has 2 aromatic heterocycles. The summed E-state index contributed by atoms with van der Waals surface area (Å²) in [5.74, 6) is -0.0563. The van der Waals surface area contributed by atoms with Crippen molar-refractivity contribution in [3.05, 3.63) is 35.5 Å². The number of ether oxygens (including phenoxy) is 3. The van der Waals surface area contributed by atoms with Gasteiger partial charge >= 0.3 is 6.18 Å². The number of methoxy groups -OCH3 is 2. The van der Waals surface area contributed by atoms with Gasteiger partial charge in [0.25, 0.3) is 5.91 Å². The van der Waals surface area contributed by atoms with Gasteiger partial charge in [0.05, 0.1) is 36.6 Å². The molecule has 0 radical (unpaired) electrons. The highest BCUT2D eigenvalue weighted by Gasteiger charge is 2.36. The van der Waals surface area contributed by atoms with Crippen LogP contribution in [0.3, 0.4) is 0 Å². The number of aromatic nitrogens is 3. The fraction of sp³-hybridized carbons (Fsp3) is 0.350. The van der Waals surface area contributed by atoms with Crippen molar-refractivity contribution in [1.29, 1.82) is 0 Å². The number of halogens is 3. The number of aryl methyl sites for hydroxylation is 2. The minimum atomic E-state index is -4.64. The van der Waals surface area contributed by atoms with Crippen molar-refractivity contribution in [2.75, 3.05) is 19.5 Å². The van der Waals surface area contributed by atoms with E-state index in [4.69, 9.17) is 14.2 Å². The molecule has 0 saturated heterocycles. The molecule has 0 bridgehead atoms. The molecule has 0 fully saturated rings. The molecule has 3 aromatic rings. The fourth-order valence-electron chi connectivity index (χ4n) is 3.08. The minimum Gasteiger partial charge on any atom is -0.497 e. The molecule has 3 rings (SSSR count). The lowest BCUT2D eigenvalue weighted by molar-refractivity contribution is -0.136. The molecule has 1 atom stereocenters. The van der Waals surface area contributed by atoms with Crippen molar-refractivity contribution in [2.45, 2.75) is 26.1 Å². The Bertz CT molecular complexity index is 1130. The molecule has 1 unspecified atom stereocenters. The maximum absolute atomic E-state index is 13.6. The lowest BCUT2D eigenvalue weighted by atomic mass is 10.1. The number of fused-ring (bicyclic) bond motifs is 1. The summed E-state index contributed by atoms with van der Waals surface area (Å²) in [6, 6.07) is 5.55. The van der Waals surface area contributed by atoms with E-state index in [0.29, 0.717) is 17.2 Å². The number of carbonyl (C=O) groups is 1. The summed E-state index contributed by atoms with van der Waals surface area (Å²) in [7, 11) is 4.40. The highest BCUT2D eigenvalue weighted by molar-refractivity contribution is 5.95. The van der Waals surface area contributed by atoms with Crippen molar-refractivity contribution in [3.63, 3.8) is 0 Å². The summed E-state index contributed by atoms with van der Waals surface area (Å²) in [5, 5.41) is 6.51. The van der Waals surface area contributed by atoms with Crippen molar-refractivity contribution in [2.24, 2.45) is 7.05 Å². The van der Waals surface area contributed by atoms with Crippen LogP contribution in [0.15, 0.2) is 24.3 Å². The number of nitrogens with zero attached hydrogens (tertiary/aromatic N) is 3. The number of hydrogen-bond acceptors (Lipinski definition) is 6. The van der Waals surface area contributed by atoms with Crippen molar-refractivity contribution < 1.29 is 32.2 Å². The maximum Gasteiger partial charge on any atom is 0.417 e. The van der Waals surface area contributed by atoms with Crippen LogP contribution in [-0.4, -0.2) is 41.0 Å². The molecule has 0 aliphatic rings. The Labute approximate surface area is 175 Å². The van der Waals surface area contributed by atoms with Crippen LogP contribution in [0.2, 0.25) is 0 Å². The maximum atomic E-state index is 13.6. The van der Waals surface area contributed by atoms with E-state index in [9.17, 15) is 18.0 Å². The van der Waals surface area contributed by atoms with E-state index in [1.807, 2.05) is 0 Å². The van der Waals surface area contributed by atoms with Crippen molar-refractivity contribution >= 4 is 22.6 Å². The second-order valence-electron chi connectivity index (χ2n) is 6.73. The monoisotopic (exact) mass is 438 g/mol. The van der Waals surface area contributed by atoms with E-state index in [-0.39, 0.29) is 22.6 Å². The first-order valence-corrected chi connectivity index (χ1v) is 9.16. The largest absolute Gasteiger partial charge is 0.497 e. The van der Waals surface area contributed by atoms with Gasteiger partial charge in [0.2, 0.25) is 5.88 Å². The van der Waals surface area contributed by atoms with Gasteiger partial charge in [-0.15, -0.1) is 0 Å². The fourth-order valence-corrected chi connectivity index (χ4v) is 3.08. The molecule has 31 heavy (non-hydrogen) atoms. The average Bonchev–Trinajstić information content (AvgIpc) is 3.00. The van der Waals surface area contributed by atoms with Crippen molar-refractivity contribution in [1.82, 2.24) is 14.8 Å². The van der Waals surface area contributed by atoms with E-state index in [0.717, 1.165) is 6.07 Å². The topological polar surface area (TPSA) is 87.5 Å². The molecule has 8 nitrogen and oxygen atoms in total. The molecule has 0 spiro atoms. The number of nitrogens with one attached hydrogen (secondary N) is 1.